The van der Waals surface area contributed by atoms with Gasteiger partial charge in [-0.2, -0.15) is 0 Å². The summed E-state index contributed by atoms with van der Waals surface area (Å²) in [6.07, 6.45) is 5.68. The highest BCUT2D eigenvalue weighted by molar-refractivity contribution is 5.86. The number of esters is 1. The molecule has 1 aromatic rings. The Morgan fingerprint density at radius 3 is 3.08 bits per heavy atom. The molecule has 1 heterocycles. The Labute approximate surface area is 69.9 Å². The van der Waals surface area contributed by atoms with E-state index in [1.54, 1.807) is 6.07 Å². The smallest absolute Gasteiger partial charge is 0.379 e. The van der Waals surface area contributed by atoms with Gasteiger partial charge in [-0.15, -0.1) is 0 Å². The molecule has 0 N–H and O–H groups in total. The zero-order valence-electron chi connectivity index (χ0n) is 6.40. The summed E-state index contributed by atoms with van der Waals surface area (Å²) in [6, 6.07) is 3.15. The van der Waals surface area contributed by atoms with Crippen molar-refractivity contribution in [2.24, 2.45) is 0 Å². The molecular formula is C9H8O3. The van der Waals surface area contributed by atoms with Crippen LogP contribution in [0, 0.1) is 0 Å². The Hall–Kier alpha value is -1.77. The van der Waals surface area contributed by atoms with E-state index < -0.39 is 5.97 Å². The Bertz CT molecular complexity index is 283. The molecule has 0 spiro atoms. The number of hydrogen-bond acceptors (Lipinski definition) is 3. The lowest BCUT2D eigenvalue weighted by Gasteiger charge is -1.92. The summed E-state index contributed by atoms with van der Waals surface area (Å²) >= 11 is 0. The fourth-order valence-corrected chi connectivity index (χ4v) is 0.609. The van der Waals surface area contributed by atoms with Gasteiger partial charge in [-0.1, -0.05) is 12.7 Å². The fraction of sp³-hybridized carbons (Fsp3) is 0. The van der Waals surface area contributed by atoms with E-state index in [4.69, 9.17) is 4.42 Å². The Morgan fingerprint density at radius 1 is 1.67 bits per heavy atom. The van der Waals surface area contributed by atoms with Crippen LogP contribution >= 0.6 is 0 Å². The zero-order valence-corrected chi connectivity index (χ0v) is 6.40. The van der Waals surface area contributed by atoms with E-state index in [0.717, 1.165) is 0 Å². The van der Waals surface area contributed by atoms with E-state index in [0.29, 0.717) is 0 Å². The van der Waals surface area contributed by atoms with Crippen LogP contribution in [0.15, 0.2) is 47.8 Å². The first kappa shape index (κ1) is 8.33. The molecule has 0 aliphatic heterocycles. The third kappa shape index (κ3) is 2.12. The summed E-state index contributed by atoms with van der Waals surface area (Å²) in [5, 5.41) is 0. The van der Waals surface area contributed by atoms with Crippen molar-refractivity contribution < 1.29 is 13.9 Å². The van der Waals surface area contributed by atoms with Crippen molar-refractivity contribution in [1.82, 2.24) is 0 Å². The second kappa shape index (κ2) is 4.18. The summed E-state index contributed by atoms with van der Waals surface area (Å²) in [6.45, 7) is 3.42. The molecule has 0 aliphatic rings. The number of carbonyl (C=O) groups excluding carboxylic acids is 1. The minimum atomic E-state index is -0.516. The lowest BCUT2D eigenvalue weighted by atomic mass is 10.5. The van der Waals surface area contributed by atoms with Crippen LogP contribution in [-0.2, 0) is 4.74 Å². The number of carbonyl (C=O) groups is 1. The Kier molecular flexibility index (Phi) is 2.90. The van der Waals surface area contributed by atoms with Gasteiger partial charge in [0.25, 0.3) is 0 Å². The van der Waals surface area contributed by atoms with Gasteiger partial charge in [-0.05, 0) is 18.2 Å². The predicted octanol–water partition coefficient (Wildman–Crippen LogP) is 2.14. The van der Waals surface area contributed by atoms with Gasteiger partial charge in [0, 0.05) is 0 Å². The minimum Gasteiger partial charge on any atom is -0.457 e. The highest BCUT2D eigenvalue weighted by atomic mass is 16.5. The maximum atomic E-state index is 11.0. The largest absolute Gasteiger partial charge is 0.457 e. The van der Waals surface area contributed by atoms with Crippen LogP contribution in [0.25, 0.3) is 0 Å². The van der Waals surface area contributed by atoms with E-state index in [2.05, 4.69) is 11.3 Å². The highest BCUT2D eigenvalue weighted by Gasteiger charge is 2.06. The lowest BCUT2D eigenvalue weighted by Crippen LogP contribution is -1.97. The summed E-state index contributed by atoms with van der Waals surface area (Å²) in [7, 11) is 0. The average Bonchev–Trinajstić information content (AvgIpc) is 2.56. The van der Waals surface area contributed by atoms with Gasteiger partial charge in [-0.3, -0.25) is 0 Å². The van der Waals surface area contributed by atoms with Crippen molar-refractivity contribution >= 4 is 5.97 Å². The normalized spacial score (nSPS) is 10.0. The molecule has 0 fully saturated rings. The summed E-state index contributed by atoms with van der Waals surface area (Å²) in [4.78, 5) is 11.0. The third-order valence-corrected chi connectivity index (χ3v) is 1.11. The minimum absolute atomic E-state index is 0.184. The summed E-state index contributed by atoms with van der Waals surface area (Å²) < 4.78 is 9.43. The summed E-state index contributed by atoms with van der Waals surface area (Å²) in [5.41, 5.74) is 0. The molecule has 0 saturated heterocycles. The van der Waals surface area contributed by atoms with Gasteiger partial charge in [0.2, 0.25) is 5.76 Å². The van der Waals surface area contributed by atoms with Gasteiger partial charge < -0.3 is 9.15 Å². The van der Waals surface area contributed by atoms with Gasteiger partial charge in [0.1, 0.15) is 0 Å². The molecule has 1 rings (SSSR count). The van der Waals surface area contributed by atoms with Gasteiger partial charge >= 0.3 is 5.97 Å². The maximum absolute atomic E-state index is 11.0. The molecule has 0 aliphatic carbocycles. The van der Waals surface area contributed by atoms with Crippen molar-refractivity contribution in [3.8, 4) is 0 Å². The molecule has 62 valence electrons. The fourth-order valence-electron chi connectivity index (χ4n) is 0.609. The van der Waals surface area contributed by atoms with E-state index >= 15 is 0 Å². The van der Waals surface area contributed by atoms with Crippen molar-refractivity contribution in [2.75, 3.05) is 0 Å². The molecule has 0 bridgehead atoms. The van der Waals surface area contributed by atoms with Gasteiger partial charge in [0.05, 0.1) is 12.5 Å². The molecule has 3 heteroatoms. The van der Waals surface area contributed by atoms with E-state index in [-0.39, 0.29) is 5.76 Å². The number of furan rings is 1. The van der Waals surface area contributed by atoms with Crippen LogP contribution in [0.4, 0.5) is 0 Å². The van der Waals surface area contributed by atoms with Crippen LogP contribution in [0.2, 0.25) is 0 Å². The first-order chi connectivity index (χ1) is 5.84. The zero-order chi connectivity index (χ0) is 8.81. The molecule has 3 nitrogen and oxygen atoms in total. The molecule has 0 saturated carbocycles. The Balaban J connectivity index is 2.50. The van der Waals surface area contributed by atoms with Crippen LogP contribution in [0.1, 0.15) is 10.6 Å². The predicted molar refractivity (Wildman–Crippen MR) is 43.5 cm³/mol. The molecule has 0 atom stereocenters. The van der Waals surface area contributed by atoms with Crippen LogP contribution in [0.3, 0.4) is 0 Å². The van der Waals surface area contributed by atoms with E-state index in [1.807, 2.05) is 0 Å². The second-order valence-electron chi connectivity index (χ2n) is 1.95. The van der Waals surface area contributed by atoms with Gasteiger partial charge in [-0.25, -0.2) is 4.79 Å². The van der Waals surface area contributed by atoms with Gasteiger partial charge in [0.15, 0.2) is 0 Å². The standard InChI is InChI=1S/C9H8O3/c1-2-3-6-12-9(10)8-5-4-7-11-8/h2-7H,1H2/b6-3+. The molecule has 0 radical (unpaired) electrons. The quantitative estimate of drug-likeness (QED) is 0.390. The summed E-state index contributed by atoms with van der Waals surface area (Å²) in [5.74, 6) is -0.332. The van der Waals surface area contributed by atoms with Crippen molar-refractivity contribution in [3.63, 3.8) is 0 Å². The molecular weight excluding hydrogens is 156 g/mol. The third-order valence-electron chi connectivity index (χ3n) is 1.11. The van der Waals surface area contributed by atoms with Crippen LogP contribution < -0.4 is 0 Å². The second-order valence-corrected chi connectivity index (χ2v) is 1.95. The number of ether oxygens (including phenoxy) is 1. The lowest BCUT2D eigenvalue weighted by molar-refractivity contribution is 0.0628. The molecule has 12 heavy (non-hydrogen) atoms. The average molecular weight is 164 g/mol. The number of allylic oxidation sites excluding steroid dienone is 2. The van der Waals surface area contributed by atoms with E-state index in [1.165, 1.54) is 30.7 Å². The van der Waals surface area contributed by atoms with E-state index in [9.17, 15) is 4.79 Å². The first-order valence-corrected chi connectivity index (χ1v) is 3.36. The highest BCUT2D eigenvalue weighted by Crippen LogP contribution is 2.01. The monoisotopic (exact) mass is 164 g/mol. The van der Waals surface area contributed by atoms with Crippen LogP contribution in [-0.4, -0.2) is 5.97 Å². The molecule has 0 amide bonds. The van der Waals surface area contributed by atoms with Crippen molar-refractivity contribution in [1.29, 1.82) is 0 Å². The van der Waals surface area contributed by atoms with Crippen molar-refractivity contribution in [3.05, 3.63) is 49.1 Å². The Morgan fingerprint density at radius 2 is 2.50 bits per heavy atom. The SMILES string of the molecule is C=C/C=C/OC(=O)c1ccco1. The molecule has 0 unspecified atom stereocenters. The van der Waals surface area contributed by atoms with Crippen LogP contribution in [0.5, 0.6) is 0 Å². The maximum Gasteiger partial charge on any atom is 0.379 e. The molecule has 1 aromatic heterocycles. The topological polar surface area (TPSA) is 39.4 Å². The first-order valence-electron chi connectivity index (χ1n) is 3.36. The molecule has 0 aromatic carbocycles. The number of rotatable bonds is 3. The number of hydrogen-bond donors (Lipinski definition) is 0. The van der Waals surface area contributed by atoms with Crippen molar-refractivity contribution in [2.45, 2.75) is 0 Å².